The molecule has 18 heavy (non-hydrogen) atoms. The van der Waals surface area contributed by atoms with Crippen LogP contribution in [0.3, 0.4) is 0 Å². The van der Waals surface area contributed by atoms with E-state index < -0.39 is 0 Å². The van der Waals surface area contributed by atoms with Gasteiger partial charge in [0.15, 0.2) is 0 Å². The van der Waals surface area contributed by atoms with Gasteiger partial charge in [-0.1, -0.05) is 13.8 Å². The van der Waals surface area contributed by atoms with Crippen LogP contribution in [0.25, 0.3) is 0 Å². The molecule has 1 aliphatic carbocycles. The van der Waals surface area contributed by atoms with Crippen LogP contribution < -0.4 is 0 Å². The van der Waals surface area contributed by atoms with Crippen LogP contribution in [0, 0.1) is 11.8 Å². The highest BCUT2D eigenvalue weighted by atomic mass is 16.1. The summed E-state index contributed by atoms with van der Waals surface area (Å²) in [5, 5.41) is 0. The normalized spacial score (nSPS) is 25.1. The van der Waals surface area contributed by atoms with Crippen molar-refractivity contribution < 1.29 is 4.79 Å². The largest absolute Gasteiger partial charge is 0.309 e. The van der Waals surface area contributed by atoms with Gasteiger partial charge in [0.05, 0.1) is 0 Å². The van der Waals surface area contributed by atoms with Gasteiger partial charge in [-0.05, 0) is 58.9 Å². The summed E-state index contributed by atoms with van der Waals surface area (Å²) in [6, 6.07) is 0. The van der Waals surface area contributed by atoms with Gasteiger partial charge in [0, 0.05) is 18.9 Å². The lowest BCUT2D eigenvalue weighted by molar-refractivity contribution is -0.126. The fraction of sp³-hybridized carbons (Fsp3) is 0.933. The fourth-order valence-electron chi connectivity index (χ4n) is 2.80. The Bertz CT molecular complexity index is 253. The van der Waals surface area contributed by atoms with Crippen LogP contribution >= 0.6 is 0 Å². The van der Waals surface area contributed by atoms with E-state index in [1.807, 2.05) is 0 Å². The average molecular weight is 254 g/mol. The molecule has 0 N–H and O–H groups in total. The van der Waals surface area contributed by atoms with Gasteiger partial charge in [-0.2, -0.15) is 0 Å². The topological polar surface area (TPSA) is 23.6 Å². The minimum absolute atomic E-state index is 0.299. The van der Waals surface area contributed by atoms with Gasteiger partial charge >= 0.3 is 0 Å². The third-order valence-electron chi connectivity index (χ3n) is 4.03. The lowest BCUT2D eigenvalue weighted by atomic mass is 9.81. The van der Waals surface area contributed by atoms with Gasteiger partial charge in [-0.3, -0.25) is 4.79 Å². The van der Waals surface area contributed by atoms with Gasteiger partial charge in [0.1, 0.15) is 5.78 Å². The summed E-state index contributed by atoms with van der Waals surface area (Å²) in [6.45, 7) is 8.77. The molecule has 0 aromatic carbocycles. The molecule has 3 nitrogen and oxygen atoms in total. The second kappa shape index (κ2) is 7.90. The second-order valence-corrected chi connectivity index (χ2v) is 6.09. The number of hydrogen-bond donors (Lipinski definition) is 0. The first-order valence-electron chi connectivity index (χ1n) is 7.42. The number of nitrogens with zero attached hydrogens (tertiary/aromatic N) is 2. The summed E-state index contributed by atoms with van der Waals surface area (Å²) in [5.41, 5.74) is 0. The van der Waals surface area contributed by atoms with E-state index in [4.69, 9.17) is 0 Å². The lowest BCUT2D eigenvalue weighted by Gasteiger charge is -2.30. The van der Waals surface area contributed by atoms with E-state index >= 15 is 0 Å². The van der Waals surface area contributed by atoms with Crippen molar-refractivity contribution in [3.8, 4) is 0 Å². The summed E-state index contributed by atoms with van der Waals surface area (Å²) in [5.74, 6) is 1.53. The number of rotatable bonds is 7. The summed E-state index contributed by atoms with van der Waals surface area (Å²) >= 11 is 0. The number of carbonyl (C=O) groups excluding carboxylic acids is 1. The fourth-order valence-corrected chi connectivity index (χ4v) is 2.80. The molecule has 0 aliphatic heterocycles. The molecule has 0 aromatic rings. The standard InChI is InChI=1S/C15H30N2O/c1-5-17(10-6-9-16(3)4)12-14-11-13(2)7-8-15(14)18/h13-14H,5-12H2,1-4H3. The van der Waals surface area contributed by atoms with E-state index in [-0.39, 0.29) is 0 Å². The van der Waals surface area contributed by atoms with Crippen molar-refractivity contribution in [1.29, 1.82) is 0 Å². The first kappa shape index (κ1) is 15.6. The lowest BCUT2D eigenvalue weighted by Crippen LogP contribution is -2.37. The van der Waals surface area contributed by atoms with Crippen molar-refractivity contribution in [2.75, 3.05) is 40.3 Å². The Morgan fingerprint density at radius 2 is 2.00 bits per heavy atom. The van der Waals surface area contributed by atoms with E-state index in [1.165, 1.54) is 6.42 Å². The first-order chi connectivity index (χ1) is 8.52. The molecule has 1 aliphatic rings. The molecule has 2 atom stereocenters. The Balaban J connectivity index is 2.34. The van der Waals surface area contributed by atoms with Crippen molar-refractivity contribution in [3.05, 3.63) is 0 Å². The molecule has 1 rings (SSSR count). The molecule has 1 fully saturated rings. The SMILES string of the molecule is CCN(CCCN(C)C)CC1CC(C)CCC1=O. The summed E-state index contributed by atoms with van der Waals surface area (Å²) in [4.78, 5) is 16.6. The van der Waals surface area contributed by atoms with E-state index in [0.717, 1.165) is 51.4 Å². The second-order valence-electron chi connectivity index (χ2n) is 6.09. The van der Waals surface area contributed by atoms with Crippen LogP contribution in [0.5, 0.6) is 0 Å². The van der Waals surface area contributed by atoms with Crippen molar-refractivity contribution in [2.45, 2.75) is 39.5 Å². The summed E-state index contributed by atoms with van der Waals surface area (Å²) < 4.78 is 0. The molecule has 0 aromatic heterocycles. The maximum Gasteiger partial charge on any atom is 0.137 e. The summed E-state index contributed by atoms with van der Waals surface area (Å²) in [7, 11) is 4.23. The Kier molecular flexibility index (Phi) is 6.87. The molecule has 0 saturated heterocycles. The number of carbonyl (C=O) groups is 1. The zero-order chi connectivity index (χ0) is 13.5. The average Bonchev–Trinajstić information content (AvgIpc) is 2.32. The van der Waals surface area contributed by atoms with Crippen LogP contribution in [-0.2, 0) is 4.79 Å². The molecule has 0 radical (unpaired) electrons. The zero-order valence-electron chi connectivity index (χ0n) is 12.6. The Morgan fingerprint density at radius 1 is 1.28 bits per heavy atom. The molecule has 2 unspecified atom stereocenters. The van der Waals surface area contributed by atoms with Crippen LogP contribution in [0.15, 0.2) is 0 Å². The van der Waals surface area contributed by atoms with Crippen LogP contribution in [0.1, 0.15) is 39.5 Å². The highest BCUT2D eigenvalue weighted by molar-refractivity contribution is 5.81. The Morgan fingerprint density at radius 3 is 2.61 bits per heavy atom. The van der Waals surface area contributed by atoms with Gasteiger partial charge in [-0.15, -0.1) is 0 Å². The van der Waals surface area contributed by atoms with Crippen molar-refractivity contribution in [2.24, 2.45) is 11.8 Å². The maximum absolute atomic E-state index is 11.9. The van der Waals surface area contributed by atoms with E-state index in [2.05, 4.69) is 37.7 Å². The Labute approximate surface area is 113 Å². The molecule has 0 heterocycles. The van der Waals surface area contributed by atoms with Gasteiger partial charge in [0.2, 0.25) is 0 Å². The number of Topliss-reactive ketones (excluding diaryl/α,β-unsaturated/α-hetero) is 1. The quantitative estimate of drug-likeness (QED) is 0.696. The van der Waals surface area contributed by atoms with E-state index in [0.29, 0.717) is 11.7 Å². The molecule has 0 bridgehead atoms. The first-order valence-corrected chi connectivity index (χ1v) is 7.42. The maximum atomic E-state index is 11.9. The number of ketones is 1. The predicted molar refractivity (Wildman–Crippen MR) is 76.8 cm³/mol. The third kappa shape index (κ3) is 5.49. The molecule has 0 spiro atoms. The van der Waals surface area contributed by atoms with Crippen molar-refractivity contribution >= 4 is 5.78 Å². The molecular weight excluding hydrogens is 224 g/mol. The molecule has 3 heteroatoms. The minimum Gasteiger partial charge on any atom is -0.309 e. The molecule has 1 saturated carbocycles. The van der Waals surface area contributed by atoms with Crippen molar-refractivity contribution in [1.82, 2.24) is 9.80 Å². The Hall–Kier alpha value is -0.410. The minimum atomic E-state index is 0.299. The van der Waals surface area contributed by atoms with Gasteiger partial charge in [-0.25, -0.2) is 0 Å². The van der Waals surface area contributed by atoms with Crippen LogP contribution in [-0.4, -0.2) is 55.9 Å². The van der Waals surface area contributed by atoms with Crippen molar-refractivity contribution in [3.63, 3.8) is 0 Å². The van der Waals surface area contributed by atoms with Gasteiger partial charge in [0.25, 0.3) is 0 Å². The smallest absolute Gasteiger partial charge is 0.137 e. The number of hydrogen-bond acceptors (Lipinski definition) is 3. The van der Waals surface area contributed by atoms with Gasteiger partial charge < -0.3 is 9.80 Å². The molecular formula is C15H30N2O. The van der Waals surface area contributed by atoms with E-state index in [9.17, 15) is 4.79 Å². The van der Waals surface area contributed by atoms with E-state index in [1.54, 1.807) is 0 Å². The highest BCUT2D eigenvalue weighted by Gasteiger charge is 2.27. The summed E-state index contributed by atoms with van der Waals surface area (Å²) in [6.07, 6.45) is 4.20. The van der Waals surface area contributed by atoms with Crippen LogP contribution in [0.2, 0.25) is 0 Å². The monoisotopic (exact) mass is 254 g/mol. The zero-order valence-corrected chi connectivity index (χ0v) is 12.6. The molecule has 106 valence electrons. The predicted octanol–water partition coefficient (Wildman–Crippen LogP) is 2.27. The molecule has 0 amide bonds. The highest BCUT2D eigenvalue weighted by Crippen LogP contribution is 2.26. The van der Waals surface area contributed by atoms with Crippen LogP contribution in [0.4, 0.5) is 0 Å². The third-order valence-corrected chi connectivity index (χ3v) is 4.03.